The predicted molar refractivity (Wildman–Crippen MR) is 91.3 cm³/mol. The van der Waals surface area contributed by atoms with E-state index in [1.165, 1.54) is 5.57 Å². The smallest absolute Gasteiger partial charge is 0.0886 e. The lowest BCUT2D eigenvalue weighted by molar-refractivity contribution is -0.139. The van der Waals surface area contributed by atoms with Gasteiger partial charge in [0.25, 0.3) is 0 Å². The van der Waals surface area contributed by atoms with Crippen LogP contribution in [0.15, 0.2) is 11.6 Å². The molecule has 0 aromatic heterocycles. The third-order valence-corrected chi connectivity index (χ3v) is 8.15. The van der Waals surface area contributed by atoms with E-state index in [0.29, 0.717) is 24.9 Å². The highest BCUT2D eigenvalue weighted by molar-refractivity contribution is 5.28. The molecule has 3 fully saturated rings. The van der Waals surface area contributed by atoms with Crippen LogP contribution in [0.4, 0.5) is 0 Å². The molecule has 2 saturated carbocycles. The van der Waals surface area contributed by atoms with Crippen molar-refractivity contribution in [3.63, 3.8) is 0 Å². The fourth-order valence-electron chi connectivity index (χ4n) is 6.84. The molecule has 8 atom stereocenters. The zero-order valence-electron chi connectivity index (χ0n) is 15.2. The number of hydrogen-bond donors (Lipinski definition) is 3. The molecule has 1 saturated heterocycles. The molecule has 0 spiro atoms. The Balaban J connectivity index is 1.74. The summed E-state index contributed by atoms with van der Waals surface area (Å²) in [6, 6.07) is 0. The van der Waals surface area contributed by atoms with Crippen LogP contribution in [0.5, 0.6) is 0 Å². The number of hydrogen-bond acceptors (Lipinski definition) is 4. The van der Waals surface area contributed by atoms with E-state index in [9.17, 15) is 15.3 Å². The quantitative estimate of drug-likeness (QED) is 0.643. The lowest BCUT2D eigenvalue weighted by atomic mass is 9.44. The zero-order valence-corrected chi connectivity index (χ0v) is 15.2. The summed E-state index contributed by atoms with van der Waals surface area (Å²) in [4.78, 5) is 0. The third kappa shape index (κ3) is 2.13. The number of allylic oxidation sites excluding steroid dienone is 1. The molecule has 0 aromatic rings. The van der Waals surface area contributed by atoms with Crippen molar-refractivity contribution < 1.29 is 20.1 Å². The first kappa shape index (κ1) is 17.0. The van der Waals surface area contributed by atoms with Crippen LogP contribution in [0.1, 0.15) is 52.9 Å². The van der Waals surface area contributed by atoms with Gasteiger partial charge in [-0.25, -0.2) is 0 Å². The molecule has 0 amide bonds. The van der Waals surface area contributed by atoms with Gasteiger partial charge >= 0.3 is 0 Å². The van der Waals surface area contributed by atoms with Gasteiger partial charge in [-0.15, -0.1) is 0 Å². The van der Waals surface area contributed by atoms with Gasteiger partial charge in [0.15, 0.2) is 0 Å². The molecule has 0 bridgehead atoms. The maximum atomic E-state index is 10.5. The van der Waals surface area contributed by atoms with Gasteiger partial charge in [0.05, 0.1) is 24.9 Å². The van der Waals surface area contributed by atoms with Crippen LogP contribution in [0.3, 0.4) is 0 Å². The lowest BCUT2D eigenvalue weighted by Crippen LogP contribution is -2.57. The summed E-state index contributed by atoms with van der Waals surface area (Å²) < 4.78 is 5.94. The Hall–Kier alpha value is -0.420. The summed E-state index contributed by atoms with van der Waals surface area (Å²) in [6.45, 7) is 7.16. The van der Waals surface area contributed by atoms with E-state index < -0.39 is 6.10 Å². The first-order valence-electron chi connectivity index (χ1n) is 9.53. The average molecular weight is 336 g/mol. The van der Waals surface area contributed by atoms with Gasteiger partial charge < -0.3 is 20.1 Å². The van der Waals surface area contributed by atoms with Crippen molar-refractivity contribution in [3.8, 4) is 0 Å². The Labute approximate surface area is 144 Å². The van der Waals surface area contributed by atoms with Gasteiger partial charge in [-0.1, -0.05) is 32.4 Å². The Bertz CT molecular complexity index is 560. The van der Waals surface area contributed by atoms with Gasteiger partial charge in [-0.3, -0.25) is 0 Å². The molecule has 4 aliphatic rings. The summed E-state index contributed by atoms with van der Waals surface area (Å²) in [6.07, 6.45) is 6.17. The third-order valence-electron chi connectivity index (χ3n) is 8.15. The Morgan fingerprint density at radius 2 is 1.96 bits per heavy atom. The van der Waals surface area contributed by atoms with Crippen molar-refractivity contribution in [2.24, 2.45) is 28.1 Å². The largest absolute Gasteiger partial charge is 0.396 e. The molecule has 3 aliphatic carbocycles. The number of fused-ring (bicyclic) bond motifs is 4. The molecule has 4 rings (SSSR count). The molecule has 3 N–H and O–H groups in total. The van der Waals surface area contributed by atoms with Gasteiger partial charge in [0.2, 0.25) is 0 Å². The van der Waals surface area contributed by atoms with E-state index in [-0.39, 0.29) is 35.1 Å². The lowest BCUT2D eigenvalue weighted by Gasteiger charge is -2.61. The molecule has 1 heterocycles. The monoisotopic (exact) mass is 336 g/mol. The van der Waals surface area contributed by atoms with Crippen LogP contribution in [0.25, 0.3) is 0 Å². The second-order valence-electron chi connectivity index (χ2n) is 9.68. The standard InChI is InChI=1S/C20H32O4/c1-18(11-21)8-13(22)9-19(2)14-6-17-20(3,16(23)10-24-17)7-12(14)4-5-15(18)19/h7,13-17,21-23H,4-6,8-11H2,1-3H3/t13-,14+,15+,16-,17-,18-,19-,20-/m0/s1. The highest BCUT2D eigenvalue weighted by Crippen LogP contribution is 2.64. The van der Waals surface area contributed by atoms with Crippen molar-refractivity contribution >= 4 is 0 Å². The summed E-state index contributed by atoms with van der Waals surface area (Å²) in [7, 11) is 0. The Kier molecular flexibility index (Phi) is 3.75. The van der Waals surface area contributed by atoms with E-state index in [1.807, 2.05) is 0 Å². The van der Waals surface area contributed by atoms with Crippen molar-refractivity contribution in [2.75, 3.05) is 13.2 Å². The molecule has 4 heteroatoms. The molecule has 0 aromatic carbocycles. The summed E-state index contributed by atoms with van der Waals surface area (Å²) in [5.41, 5.74) is 0.987. The van der Waals surface area contributed by atoms with Crippen LogP contribution in [-0.4, -0.2) is 46.8 Å². The predicted octanol–water partition coefficient (Wildman–Crippen LogP) is 2.27. The fraction of sp³-hybridized carbons (Fsp3) is 0.900. The molecule has 24 heavy (non-hydrogen) atoms. The van der Waals surface area contributed by atoms with Crippen molar-refractivity contribution in [1.29, 1.82) is 0 Å². The first-order valence-corrected chi connectivity index (χ1v) is 9.53. The van der Waals surface area contributed by atoms with Gasteiger partial charge in [0, 0.05) is 12.0 Å². The Morgan fingerprint density at radius 1 is 1.21 bits per heavy atom. The maximum Gasteiger partial charge on any atom is 0.0886 e. The topological polar surface area (TPSA) is 69.9 Å². The van der Waals surface area contributed by atoms with Crippen LogP contribution < -0.4 is 0 Å². The number of ether oxygens (including phenoxy) is 1. The SMILES string of the molecule is C[C@@]1(CO)C[C@H](O)C[C@@]2(C)[C@@H]3C[C@@H]4OC[C@H](O)[C@]4(C)C=C3CC[C@H]12. The highest BCUT2D eigenvalue weighted by atomic mass is 16.5. The molecule has 1 aliphatic heterocycles. The molecule has 0 unspecified atom stereocenters. The maximum absolute atomic E-state index is 10.5. The molecular formula is C20H32O4. The zero-order chi connectivity index (χ0) is 17.3. The first-order chi connectivity index (χ1) is 11.2. The summed E-state index contributed by atoms with van der Waals surface area (Å²) >= 11 is 0. The second-order valence-corrected chi connectivity index (χ2v) is 9.68. The second kappa shape index (κ2) is 5.29. The molecule has 136 valence electrons. The summed E-state index contributed by atoms with van der Waals surface area (Å²) in [5.74, 6) is 0.816. The highest BCUT2D eigenvalue weighted by Gasteiger charge is 2.60. The van der Waals surface area contributed by atoms with E-state index in [1.54, 1.807) is 0 Å². The minimum atomic E-state index is -0.416. The fourth-order valence-corrected chi connectivity index (χ4v) is 6.84. The minimum absolute atomic E-state index is 0.00252. The minimum Gasteiger partial charge on any atom is -0.396 e. The normalized spacial score (nSPS) is 56.9. The number of rotatable bonds is 1. The average Bonchev–Trinajstić information content (AvgIpc) is 2.79. The van der Waals surface area contributed by atoms with E-state index >= 15 is 0 Å². The van der Waals surface area contributed by atoms with E-state index in [2.05, 4.69) is 26.8 Å². The summed E-state index contributed by atoms with van der Waals surface area (Å²) in [5, 5.41) is 31.0. The van der Waals surface area contributed by atoms with E-state index in [0.717, 1.165) is 25.7 Å². The van der Waals surface area contributed by atoms with Gasteiger partial charge in [0.1, 0.15) is 0 Å². The number of aliphatic hydroxyl groups excluding tert-OH is 3. The molecule has 0 radical (unpaired) electrons. The molecular weight excluding hydrogens is 304 g/mol. The van der Waals surface area contributed by atoms with Crippen LogP contribution >= 0.6 is 0 Å². The Morgan fingerprint density at radius 3 is 2.67 bits per heavy atom. The van der Waals surface area contributed by atoms with Crippen molar-refractivity contribution in [1.82, 2.24) is 0 Å². The van der Waals surface area contributed by atoms with Crippen LogP contribution in [0.2, 0.25) is 0 Å². The van der Waals surface area contributed by atoms with Crippen LogP contribution in [0, 0.1) is 28.1 Å². The molecule has 4 nitrogen and oxygen atoms in total. The number of aliphatic hydroxyl groups is 3. The van der Waals surface area contributed by atoms with Gasteiger partial charge in [-0.2, -0.15) is 0 Å². The van der Waals surface area contributed by atoms with Gasteiger partial charge in [-0.05, 0) is 54.8 Å². The van der Waals surface area contributed by atoms with Crippen molar-refractivity contribution in [3.05, 3.63) is 11.6 Å². The van der Waals surface area contributed by atoms with Crippen LogP contribution in [-0.2, 0) is 4.74 Å². The van der Waals surface area contributed by atoms with E-state index in [4.69, 9.17) is 4.74 Å². The van der Waals surface area contributed by atoms with Crippen molar-refractivity contribution in [2.45, 2.75) is 71.2 Å².